The predicted molar refractivity (Wildman–Crippen MR) is 82.3 cm³/mol. The number of hydrogen-bond donors (Lipinski definition) is 0. The molecule has 0 N–H and O–H groups in total. The molecule has 1 aliphatic rings. The average Bonchev–Trinajstić information content (AvgIpc) is 2.58. The zero-order valence-corrected chi connectivity index (χ0v) is 12.6. The van der Waals surface area contributed by atoms with Gasteiger partial charge in [-0.1, -0.05) is 29.8 Å². The van der Waals surface area contributed by atoms with Crippen molar-refractivity contribution in [3.63, 3.8) is 0 Å². The van der Waals surface area contributed by atoms with E-state index in [0.29, 0.717) is 23.9 Å². The van der Waals surface area contributed by atoms with Crippen molar-refractivity contribution in [2.45, 2.75) is 32.7 Å². The van der Waals surface area contributed by atoms with Crippen LogP contribution in [0.15, 0.2) is 30.3 Å². The number of nitrogens with zero attached hydrogens (tertiary/aromatic N) is 3. The Hall–Kier alpha value is -1.94. The second-order valence-electron chi connectivity index (χ2n) is 5.21. The minimum atomic E-state index is 0.112. The molecule has 0 aliphatic carbocycles. The number of carbonyl (C=O) groups excluding carboxylic acids is 1. The van der Waals surface area contributed by atoms with Crippen LogP contribution in [0.2, 0.25) is 5.15 Å². The molecule has 0 spiro atoms. The van der Waals surface area contributed by atoms with Crippen molar-refractivity contribution >= 4 is 23.2 Å². The largest absolute Gasteiger partial charge is 0.305 e. The van der Waals surface area contributed by atoms with E-state index in [1.54, 1.807) is 11.0 Å². The smallest absolute Gasteiger partial charge is 0.227 e. The van der Waals surface area contributed by atoms with Gasteiger partial charge in [0.2, 0.25) is 5.91 Å². The van der Waals surface area contributed by atoms with Gasteiger partial charge in [-0.2, -0.15) is 0 Å². The lowest BCUT2D eigenvalue weighted by atomic mass is 10.1. The fourth-order valence-corrected chi connectivity index (χ4v) is 2.91. The van der Waals surface area contributed by atoms with Crippen LogP contribution in [0.25, 0.3) is 0 Å². The first-order valence-electron chi connectivity index (χ1n) is 7.02. The monoisotopic (exact) mass is 301 g/mol. The van der Waals surface area contributed by atoms with Gasteiger partial charge in [-0.3, -0.25) is 4.79 Å². The van der Waals surface area contributed by atoms with E-state index in [9.17, 15) is 4.79 Å². The number of rotatable bonds is 2. The molecule has 3 rings (SSSR count). The van der Waals surface area contributed by atoms with Crippen molar-refractivity contribution in [1.82, 2.24) is 9.97 Å². The van der Waals surface area contributed by atoms with Crippen LogP contribution >= 0.6 is 11.6 Å². The fraction of sp³-hybridized carbons (Fsp3) is 0.312. The minimum absolute atomic E-state index is 0.112. The Morgan fingerprint density at radius 3 is 2.86 bits per heavy atom. The van der Waals surface area contributed by atoms with Crippen molar-refractivity contribution in [3.05, 3.63) is 52.6 Å². The van der Waals surface area contributed by atoms with E-state index in [2.05, 4.69) is 16.0 Å². The third kappa shape index (κ3) is 3.05. The molecule has 4 nitrogen and oxygen atoms in total. The third-order valence-electron chi connectivity index (χ3n) is 3.59. The van der Waals surface area contributed by atoms with E-state index >= 15 is 0 Å². The Labute approximate surface area is 128 Å². The molecule has 108 valence electrons. The number of fused-ring (bicyclic) bond motifs is 1. The van der Waals surface area contributed by atoms with Crippen molar-refractivity contribution in [2.75, 3.05) is 4.90 Å². The van der Waals surface area contributed by atoms with Gasteiger partial charge in [0, 0.05) is 17.8 Å². The normalized spacial score (nSPS) is 14.8. The first kappa shape index (κ1) is 14.0. The van der Waals surface area contributed by atoms with Crippen LogP contribution in [-0.2, 0) is 17.8 Å². The molecule has 5 heteroatoms. The molecule has 0 saturated carbocycles. The topological polar surface area (TPSA) is 46.1 Å². The number of carbonyl (C=O) groups is 1. The van der Waals surface area contributed by atoms with Crippen LogP contribution in [0, 0.1) is 6.92 Å². The summed E-state index contributed by atoms with van der Waals surface area (Å²) >= 11 is 5.98. The van der Waals surface area contributed by atoms with Crippen molar-refractivity contribution in [2.24, 2.45) is 0 Å². The number of aryl methyl sites for hydroxylation is 2. The van der Waals surface area contributed by atoms with Gasteiger partial charge in [-0.05, 0) is 37.5 Å². The molecule has 21 heavy (non-hydrogen) atoms. The van der Waals surface area contributed by atoms with E-state index in [-0.39, 0.29) is 5.91 Å². The van der Waals surface area contributed by atoms with Gasteiger partial charge < -0.3 is 4.90 Å². The minimum Gasteiger partial charge on any atom is -0.305 e. The number of aromatic nitrogens is 2. The second kappa shape index (κ2) is 5.82. The summed E-state index contributed by atoms with van der Waals surface area (Å²) < 4.78 is 0. The van der Waals surface area contributed by atoms with Gasteiger partial charge in [0.15, 0.2) is 0 Å². The summed E-state index contributed by atoms with van der Waals surface area (Å²) in [5.74, 6) is 0.686. The highest BCUT2D eigenvalue weighted by atomic mass is 35.5. The summed E-state index contributed by atoms with van der Waals surface area (Å²) in [5.41, 5.74) is 2.96. The maximum Gasteiger partial charge on any atom is 0.227 e. The predicted octanol–water partition coefficient (Wildman–Crippen LogP) is 3.31. The highest BCUT2D eigenvalue weighted by molar-refractivity contribution is 6.29. The molecule has 1 aromatic carbocycles. The van der Waals surface area contributed by atoms with Gasteiger partial charge in [-0.25, -0.2) is 9.97 Å². The molecule has 2 aromatic rings. The molecule has 0 saturated heterocycles. The number of anilines is 1. The van der Waals surface area contributed by atoms with E-state index in [0.717, 1.165) is 24.2 Å². The number of para-hydroxylation sites is 1. The Balaban J connectivity index is 1.97. The maximum atomic E-state index is 12.4. The summed E-state index contributed by atoms with van der Waals surface area (Å²) in [6, 6.07) is 9.73. The first-order chi connectivity index (χ1) is 10.1. The van der Waals surface area contributed by atoms with Crippen LogP contribution in [0.5, 0.6) is 0 Å². The molecule has 1 amide bonds. The van der Waals surface area contributed by atoms with Crippen molar-refractivity contribution in [1.29, 1.82) is 0 Å². The first-order valence-corrected chi connectivity index (χ1v) is 7.39. The highest BCUT2D eigenvalue weighted by Crippen LogP contribution is 2.27. The SMILES string of the molecule is Cc1cc(Cl)nc(CN2C(=O)CCCc3ccccc32)n1. The van der Waals surface area contributed by atoms with E-state index in [4.69, 9.17) is 11.6 Å². The van der Waals surface area contributed by atoms with E-state index in [1.807, 2.05) is 25.1 Å². The Kier molecular flexibility index (Phi) is 3.88. The lowest BCUT2D eigenvalue weighted by molar-refractivity contribution is -0.118. The summed E-state index contributed by atoms with van der Waals surface area (Å²) in [5, 5.41) is 0.410. The quantitative estimate of drug-likeness (QED) is 0.800. The summed E-state index contributed by atoms with van der Waals surface area (Å²) in [6.45, 7) is 2.23. The number of benzene rings is 1. The standard InChI is InChI=1S/C16H16ClN3O/c1-11-9-14(17)19-15(18-11)10-20-13-7-3-2-5-12(13)6-4-8-16(20)21/h2-3,5,7,9H,4,6,8,10H2,1H3. The van der Waals surface area contributed by atoms with E-state index < -0.39 is 0 Å². The number of halogens is 1. The number of hydrogen-bond acceptors (Lipinski definition) is 3. The molecule has 0 radical (unpaired) electrons. The third-order valence-corrected chi connectivity index (χ3v) is 3.78. The van der Waals surface area contributed by atoms with Gasteiger partial charge in [0.1, 0.15) is 11.0 Å². The summed E-state index contributed by atoms with van der Waals surface area (Å²) in [7, 11) is 0. The van der Waals surface area contributed by atoms with Crippen LogP contribution in [0.3, 0.4) is 0 Å². The van der Waals surface area contributed by atoms with Gasteiger partial charge in [0.05, 0.1) is 6.54 Å². The summed E-state index contributed by atoms with van der Waals surface area (Å²) in [4.78, 5) is 22.8. The van der Waals surface area contributed by atoms with Gasteiger partial charge in [-0.15, -0.1) is 0 Å². The highest BCUT2D eigenvalue weighted by Gasteiger charge is 2.23. The fourth-order valence-electron chi connectivity index (χ4n) is 2.66. The molecule has 0 bridgehead atoms. The van der Waals surface area contributed by atoms with Crippen LogP contribution in [0.4, 0.5) is 5.69 Å². The van der Waals surface area contributed by atoms with Crippen LogP contribution < -0.4 is 4.90 Å². The molecule has 0 atom stereocenters. The second-order valence-corrected chi connectivity index (χ2v) is 5.60. The Morgan fingerprint density at radius 1 is 1.24 bits per heavy atom. The average molecular weight is 302 g/mol. The van der Waals surface area contributed by atoms with Crippen molar-refractivity contribution in [3.8, 4) is 0 Å². The zero-order chi connectivity index (χ0) is 14.8. The van der Waals surface area contributed by atoms with Crippen molar-refractivity contribution < 1.29 is 4.79 Å². The lowest BCUT2D eigenvalue weighted by Gasteiger charge is -2.22. The molecular weight excluding hydrogens is 286 g/mol. The van der Waals surface area contributed by atoms with E-state index in [1.165, 1.54) is 5.56 Å². The Morgan fingerprint density at radius 2 is 2.05 bits per heavy atom. The maximum absolute atomic E-state index is 12.4. The zero-order valence-electron chi connectivity index (χ0n) is 11.8. The lowest BCUT2D eigenvalue weighted by Crippen LogP contribution is -2.30. The molecule has 0 unspecified atom stereocenters. The molecule has 2 heterocycles. The molecule has 0 fully saturated rings. The summed E-state index contributed by atoms with van der Waals surface area (Å²) in [6.07, 6.45) is 2.35. The van der Waals surface area contributed by atoms with Crippen LogP contribution in [-0.4, -0.2) is 15.9 Å². The molecule has 1 aliphatic heterocycles. The van der Waals surface area contributed by atoms with Gasteiger partial charge in [0.25, 0.3) is 0 Å². The number of amides is 1. The van der Waals surface area contributed by atoms with Gasteiger partial charge >= 0.3 is 0 Å². The molecule has 1 aromatic heterocycles. The molecular formula is C16H16ClN3O. The Bertz CT molecular complexity index is 667. The van der Waals surface area contributed by atoms with Crippen LogP contribution in [0.1, 0.15) is 29.9 Å².